The van der Waals surface area contributed by atoms with E-state index in [0.29, 0.717) is 10.8 Å². The molecular formula is C12H16ClN3O. The molecule has 1 aliphatic heterocycles. The minimum Gasteiger partial charge on any atom is -0.309 e. The lowest BCUT2D eigenvalue weighted by atomic mass is 9.90. The summed E-state index contributed by atoms with van der Waals surface area (Å²) in [6.45, 7) is 2.80. The van der Waals surface area contributed by atoms with E-state index in [4.69, 9.17) is 11.6 Å². The van der Waals surface area contributed by atoms with Crippen molar-refractivity contribution in [2.45, 2.75) is 31.7 Å². The Labute approximate surface area is 106 Å². The van der Waals surface area contributed by atoms with Crippen molar-refractivity contribution in [2.75, 3.05) is 11.9 Å². The maximum atomic E-state index is 12.1. The highest BCUT2D eigenvalue weighted by Gasteiger charge is 2.34. The second-order valence-corrected chi connectivity index (χ2v) is 4.97. The normalized spacial score (nSPS) is 24.4. The monoisotopic (exact) mass is 253 g/mol. The molecule has 1 saturated heterocycles. The molecule has 2 heterocycles. The number of pyridine rings is 1. The van der Waals surface area contributed by atoms with E-state index in [2.05, 4.69) is 15.6 Å². The van der Waals surface area contributed by atoms with E-state index in [1.54, 1.807) is 18.3 Å². The van der Waals surface area contributed by atoms with Crippen molar-refractivity contribution in [3.8, 4) is 0 Å². The van der Waals surface area contributed by atoms with Gasteiger partial charge >= 0.3 is 0 Å². The fraction of sp³-hybridized carbons (Fsp3) is 0.500. The van der Waals surface area contributed by atoms with Gasteiger partial charge in [0.05, 0.1) is 5.54 Å². The number of hydrogen-bond donors (Lipinski definition) is 2. The number of nitrogens with one attached hydrogen (secondary N) is 2. The zero-order valence-corrected chi connectivity index (χ0v) is 10.5. The van der Waals surface area contributed by atoms with Crippen molar-refractivity contribution >= 4 is 23.3 Å². The topological polar surface area (TPSA) is 54.0 Å². The van der Waals surface area contributed by atoms with Crippen LogP contribution in [0.4, 0.5) is 5.82 Å². The highest BCUT2D eigenvalue weighted by Crippen LogP contribution is 2.21. The second kappa shape index (κ2) is 5.02. The van der Waals surface area contributed by atoms with Crippen LogP contribution in [0.25, 0.3) is 0 Å². The molecule has 0 saturated carbocycles. The first-order chi connectivity index (χ1) is 8.10. The number of rotatable bonds is 2. The summed E-state index contributed by atoms with van der Waals surface area (Å²) < 4.78 is 0. The van der Waals surface area contributed by atoms with Crippen LogP contribution >= 0.6 is 11.6 Å². The fourth-order valence-electron chi connectivity index (χ4n) is 1.98. The lowest BCUT2D eigenvalue weighted by Crippen LogP contribution is -2.54. The van der Waals surface area contributed by atoms with E-state index in [9.17, 15) is 4.79 Å². The average molecular weight is 254 g/mol. The molecule has 92 valence electrons. The summed E-state index contributed by atoms with van der Waals surface area (Å²) in [6, 6.07) is 3.32. The highest BCUT2D eigenvalue weighted by molar-refractivity contribution is 6.30. The number of piperidine rings is 1. The molecule has 5 heteroatoms. The molecule has 0 aromatic carbocycles. The van der Waals surface area contributed by atoms with E-state index in [1.165, 1.54) is 0 Å². The molecule has 4 nitrogen and oxygen atoms in total. The molecular weight excluding hydrogens is 238 g/mol. The van der Waals surface area contributed by atoms with Crippen molar-refractivity contribution in [1.29, 1.82) is 0 Å². The zero-order valence-electron chi connectivity index (χ0n) is 9.79. The first kappa shape index (κ1) is 12.3. The van der Waals surface area contributed by atoms with Crippen LogP contribution in [0.15, 0.2) is 18.3 Å². The van der Waals surface area contributed by atoms with Gasteiger partial charge < -0.3 is 10.6 Å². The van der Waals surface area contributed by atoms with E-state index in [0.717, 1.165) is 25.8 Å². The Hall–Kier alpha value is -1.13. The predicted octanol–water partition coefficient (Wildman–Crippen LogP) is 2.21. The van der Waals surface area contributed by atoms with Gasteiger partial charge in [-0.2, -0.15) is 0 Å². The van der Waals surface area contributed by atoms with Gasteiger partial charge in [0.2, 0.25) is 5.91 Å². The van der Waals surface area contributed by atoms with Gasteiger partial charge in [-0.1, -0.05) is 11.6 Å². The smallest absolute Gasteiger partial charge is 0.245 e. The maximum Gasteiger partial charge on any atom is 0.245 e. The van der Waals surface area contributed by atoms with Gasteiger partial charge in [-0.15, -0.1) is 0 Å². The third kappa shape index (κ3) is 2.96. The fourth-order valence-corrected chi connectivity index (χ4v) is 2.14. The molecule has 0 bridgehead atoms. The van der Waals surface area contributed by atoms with Gasteiger partial charge in [-0.3, -0.25) is 4.79 Å². The van der Waals surface area contributed by atoms with Crippen molar-refractivity contribution in [3.05, 3.63) is 23.4 Å². The van der Waals surface area contributed by atoms with Crippen molar-refractivity contribution < 1.29 is 4.79 Å². The van der Waals surface area contributed by atoms with Gasteiger partial charge in [0.15, 0.2) is 0 Å². The minimum absolute atomic E-state index is 0.0491. The molecule has 1 unspecified atom stereocenters. The van der Waals surface area contributed by atoms with Crippen LogP contribution in [0.5, 0.6) is 0 Å². The number of hydrogen-bond acceptors (Lipinski definition) is 3. The second-order valence-electron chi connectivity index (χ2n) is 4.53. The Morgan fingerprint density at radius 2 is 2.41 bits per heavy atom. The summed E-state index contributed by atoms with van der Waals surface area (Å²) in [5.41, 5.74) is -0.498. The molecule has 2 rings (SSSR count). The maximum absolute atomic E-state index is 12.1. The standard InChI is InChI=1S/C12H16ClN3O/c1-12(5-2-3-6-15-12)11(17)16-10-8-9(13)4-7-14-10/h4,7-8,15H,2-3,5-6H2,1H3,(H,14,16,17). The largest absolute Gasteiger partial charge is 0.309 e. The molecule has 0 aliphatic carbocycles. The first-order valence-electron chi connectivity index (χ1n) is 5.78. The SMILES string of the molecule is CC1(C(=O)Nc2cc(Cl)ccn2)CCCCN1. The van der Waals surface area contributed by atoms with Crippen LogP contribution < -0.4 is 10.6 Å². The van der Waals surface area contributed by atoms with Crippen LogP contribution in [-0.4, -0.2) is 23.0 Å². The van der Waals surface area contributed by atoms with Gasteiger partial charge in [0.1, 0.15) is 5.82 Å². The Morgan fingerprint density at radius 1 is 1.59 bits per heavy atom. The van der Waals surface area contributed by atoms with Crippen LogP contribution in [0.1, 0.15) is 26.2 Å². The molecule has 1 atom stereocenters. The van der Waals surface area contributed by atoms with E-state index in [1.807, 2.05) is 6.92 Å². The minimum atomic E-state index is -0.498. The van der Waals surface area contributed by atoms with Crippen LogP contribution in [0, 0.1) is 0 Å². The number of amides is 1. The zero-order chi connectivity index (χ0) is 12.3. The number of anilines is 1. The first-order valence-corrected chi connectivity index (χ1v) is 6.16. The molecule has 1 aliphatic rings. The van der Waals surface area contributed by atoms with E-state index >= 15 is 0 Å². The third-order valence-electron chi connectivity index (χ3n) is 3.08. The lowest BCUT2D eigenvalue weighted by Gasteiger charge is -2.33. The Balaban J connectivity index is 2.05. The molecule has 1 amide bonds. The summed E-state index contributed by atoms with van der Waals surface area (Å²) in [5.74, 6) is 0.447. The molecule has 1 aromatic rings. The molecule has 0 spiro atoms. The van der Waals surface area contributed by atoms with Gasteiger partial charge in [-0.25, -0.2) is 4.98 Å². The average Bonchev–Trinajstić information content (AvgIpc) is 2.30. The van der Waals surface area contributed by atoms with Gasteiger partial charge in [0.25, 0.3) is 0 Å². The third-order valence-corrected chi connectivity index (χ3v) is 3.32. The van der Waals surface area contributed by atoms with Crippen molar-refractivity contribution in [1.82, 2.24) is 10.3 Å². The number of carbonyl (C=O) groups excluding carboxylic acids is 1. The summed E-state index contributed by atoms with van der Waals surface area (Å²) in [4.78, 5) is 16.2. The number of aromatic nitrogens is 1. The van der Waals surface area contributed by atoms with E-state index < -0.39 is 5.54 Å². The van der Waals surface area contributed by atoms with Gasteiger partial charge in [-0.05, 0) is 44.9 Å². The Bertz CT molecular complexity index is 416. The van der Waals surface area contributed by atoms with E-state index in [-0.39, 0.29) is 5.91 Å². The highest BCUT2D eigenvalue weighted by atomic mass is 35.5. The Kier molecular flexibility index (Phi) is 3.64. The molecule has 1 fully saturated rings. The molecule has 0 radical (unpaired) electrons. The summed E-state index contributed by atoms with van der Waals surface area (Å²) in [5, 5.41) is 6.62. The van der Waals surface area contributed by atoms with Gasteiger partial charge in [0, 0.05) is 11.2 Å². The number of halogens is 1. The number of nitrogens with zero attached hydrogens (tertiary/aromatic N) is 1. The van der Waals surface area contributed by atoms with Crippen LogP contribution in [-0.2, 0) is 4.79 Å². The van der Waals surface area contributed by atoms with Crippen LogP contribution in [0.2, 0.25) is 5.02 Å². The summed E-state index contributed by atoms with van der Waals surface area (Å²) in [7, 11) is 0. The molecule has 2 N–H and O–H groups in total. The molecule has 17 heavy (non-hydrogen) atoms. The van der Waals surface area contributed by atoms with Crippen molar-refractivity contribution in [2.24, 2.45) is 0 Å². The predicted molar refractivity (Wildman–Crippen MR) is 68.1 cm³/mol. The number of carbonyl (C=O) groups is 1. The lowest BCUT2D eigenvalue weighted by molar-refractivity contribution is -0.122. The van der Waals surface area contributed by atoms with Crippen LogP contribution in [0.3, 0.4) is 0 Å². The Morgan fingerprint density at radius 3 is 3.06 bits per heavy atom. The molecule has 1 aromatic heterocycles. The quantitative estimate of drug-likeness (QED) is 0.850. The van der Waals surface area contributed by atoms with Crippen molar-refractivity contribution in [3.63, 3.8) is 0 Å². The summed E-state index contributed by atoms with van der Waals surface area (Å²) in [6.07, 6.45) is 4.62. The summed E-state index contributed by atoms with van der Waals surface area (Å²) >= 11 is 5.84.